The fourth-order valence-corrected chi connectivity index (χ4v) is 3.74. The maximum atomic E-state index is 11.7. The number of hydrogen-bond donors (Lipinski definition) is 3. The van der Waals surface area contributed by atoms with Gasteiger partial charge in [0.1, 0.15) is 11.6 Å². The Morgan fingerprint density at radius 2 is 1.53 bits per heavy atom. The van der Waals surface area contributed by atoms with E-state index in [1.807, 2.05) is 13.8 Å². The number of rotatable bonds is 9. The van der Waals surface area contributed by atoms with Crippen molar-refractivity contribution < 1.29 is 38.6 Å². The van der Waals surface area contributed by atoms with E-state index >= 15 is 0 Å². The second-order valence-corrected chi connectivity index (χ2v) is 9.45. The Labute approximate surface area is 186 Å². The summed E-state index contributed by atoms with van der Waals surface area (Å²) < 4.78 is 90.1. The highest BCUT2D eigenvalue weighted by Crippen LogP contribution is 2.22. The lowest BCUT2D eigenvalue weighted by atomic mass is 10.1. The number of hydrogen-bond acceptors (Lipinski definition) is 11. The predicted octanol–water partition coefficient (Wildman–Crippen LogP) is 0.726. The van der Waals surface area contributed by atoms with Gasteiger partial charge >= 0.3 is 10.6 Å². The van der Waals surface area contributed by atoms with Crippen LogP contribution < -0.4 is 5.32 Å². The molecule has 2 aromatic rings. The number of aryl methyl sites for hydroxylation is 1. The lowest BCUT2D eigenvalue weighted by Crippen LogP contribution is -2.12. The molecule has 0 spiro atoms. The first-order chi connectivity index (χ1) is 14.8. The molecule has 0 saturated carbocycles. The third kappa shape index (κ3) is 9.31. The smallest absolute Gasteiger partial charge is 0.354 e. The van der Waals surface area contributed by atoms with Crippen molar-refractivity contribution in [3.8, 4) is 0 Å². The number of anilines is 1. The molecule has 2 rings (SSSR count). The summed E-state index contributed by atoms with van der Waals surface area (Å²) in [4.78, 5) is 11.8. The van der Waals surface area contributed by atoms with E-state index in [-0.39, 0.29) is 17.8 Å². The quantitative estimate of drug-likeness (QED) is 0.397. The van der Waals surface area contributed by atoms with Gasteiger partial charge in [-0.15, -0.1) is 12.6 Å². The second-order valence-electron chi connectivity index (χ2n) is 6.23. The summed E-state index contributed by atoms with van der Waals surface area (Å²) in [5.41, 5.74) is -0.0623. The average Bonchev–Trinajstić information content (AvgIpc) is 2.64. The first kappa shape index (κ1) is 27.5. The SMILES string of the molecule is CCCCc1nc(Cc2cc(S(=O)(=O)O)ccc2S(=O)(=O)O)nc(NCC)n1.O=S(=O)=O. The zero-order valence-electron chi connectivity index (χ0n) is 17.1. The van der Waals surface area contributed by atoms with Gasteiger partial charge in [0.05, 0.1) is 9.79 Å². The molecular formula is C16H22N4O9S3. The van der Waals surface area contributed by atoms with Gasteiger partial charge in [0.25, 0.3) is 20.2 Å². The highest BCUT2D eigenvalue weighted by molar-refractivity contribution is 7.86. The summed E-state index contributed by atoms with van der Waals surface area (Å²) in [6.07, 6.45) is 2.20. The largest absolute Gasteiger partial charge is 0.425 e. The Bertz CT molecular complexity index is 1260. The monoisotopic (exact) mass is 510 g/mol. The Morgan fingerprint density at radius 1 is 0.938 bits per heavy atom. The van der Waals surface area contributed by atoms with Crippen molar-refractivity contribution in [2.75, 3.05) is 11.9 Å². The molecule has 1 heterocycles. The molecule has 0 bridgehead atoms. The van der Waals surface area contributed by atoms with Gasteiger partial charge in [0, 0.05) is 19.4 Å². The fourth-order valence-electron chi connectivity index (χ4n) is 2.51. The molecule has 1 aromatic carbocycles. The molecule has 0 fully saturated rings. The van der Waals surface area contributed by atoms with Gasteiger partial charge in [0.2, 0.25) is 5.95 Å². The van der Waals surface area contributed by atoms with Gasteiger partial charge in [-0.05, 0) is 37.1 Å². The van der Waals surface area contributed by atoms with E-state index in [1.54, 1.807) is 0 Å². The Morgan fingerprint density at radius 3 is 2.03 bits per heavy atom. The molecule has 0 unspecified atom stereocenters. The summed E-state index contributed by atoms with van der Waals surface area (Å²) >= 11 is 0. The van der Waals surface area contributed by atoms with Crippen molar-refractivity contribution in [1.29, 1.82) is 0 Å². The topological polar surface area (TPSA) is 211 Å². The van der Waals surface area contributed by atoms with Crippen LogP contribution in [0.15, 0.2) is 28.0 Å². The average molecular weight is 511 g/mol. The minimum Gasteiger partial charge on any atom is -0.354 e. The third-order valence-corrected chi connectivity index (χ3v) is 5.58. The molecule has 0 amide bonds. The maximum Gasteiger partial charge on any atom is 0.425 e. The zero-order chi connectivity index (χ0) is 24.5. The summed E-state index contributed by atoms with van der Waals surface area (Å²) in [5.74, 6) is 1.04. The molecule has 0 aliphatic heterocycles. The molecule has 3 N–H and O–H groups in total. The minimum absolute atomic E-state index is 0.0623. The Hall–Kier alpha value is -2.53. The molecule has 16 heteroatoms. The van der Waals surface area contributed by atoms with Gasteiger partial charge in [-0.1, -0.05) is 13.3 Å². The van der Waals surface area contributed by atoms with Gasteiger partial charge < -0.3 is 5.32 Å². The van der Waals surface area contributed by atoms with Crippen LogP contribution in [-0.4, -0.2) is 60.1 Å². The van der Waals surface area contributed by atoms with Gasteiger partial charge in [-0.2, -0.15) is 26.8 Å². The predicted molar refractivity (Wildman–Crippen MR) is 111 cm³/mol. The number of nitrogens with zero attached hydrogens (tertiary/aromatic N) is 3. The number of benzene rings is 1. The van der Waals surface area contributed by atoms with Crippen LogP contribution in [0.1, 0.15) is 43.9 Å². The summed E-state index contributed by atoms with van der Waals surface area (Å²) in [6.45, 7) is 4.44. The van der Waals surface area contributed by atoms with Crippen molar-refractivity contribution in [3.05, 3.63) is 35.4 Å². The van der Waals surface area contributed by atoms with Crippen LogP contribution in [0.3, 0.4) is 0 Å². The third-order valence-electron chi connectivity index (χ3n) is 3.77. The molecule has 13 nitrogen and oxygen atoms in total. The van der Waals surface area contributed by atoms with Crippen LogP contribution in [0.4, 0.5) is 5.95 Å². The first-order valence-electron chi connectivity index (χ1n) is 9.10. The summed E-state index contributed by atoms with van der Waals surface area (Å²) in [7, 11) is -12.3. The molecule has 0 radical (unpaired) electrons. The molecule has 178 valence electrons. The number of aromatic nitrogens is 3. The van der Waals surface area contributed by atoms with Gasteiger partial charge in [-0.25, -0.2) is 4.98 Å². The van der Waals surface area contributed by atoms with E-state index in [4.69, 9.17) is 12.6 Å². The van der Waals surface area contributed by atoms with Crippen molar-refractivity contribution in [2.45, 2.75) is 49.3 Å². The summed E-state index contributed by atoms with van der Waals surface area (Å²) in [6, 6.07) is 2.78. The summed E-state index contributed by atoms with van der Waals surface area (Å²) in [5, 5.41) is 2.97. The first-order valence-corrected chi connectivity index (χ1v) is 13.0. The van der Waals surface area contributed by atoms with E-state index in [9.17, 15) is 25.9 Å². The maximum absolute atomic E-state index is 11.7. The fraction of sp³-hybridized carbons (Fsp3) is 0.438. The molecule has 0 atom stereocenters. The molecule has 32 heavy (non-hydrogen) atoms. The van der Waals surface area contributed by atoms with E-state index in [1.165, 1.54) is 0 Å². The Balaban J connectivity index is 0.00000118. The van der Waals surface area contributed by atoms with E-state index in [2.05, 4.69) is 20.3 Å². The lowest BCUT2D eigenvalue weighted by Gasteiger charge is -2.11. The van der Waals surface area contributed by atoms with E-state index < -0.39 is 40.6 Å². The van der Waals surface area contributed by atoms with Crippen LogP contribution in [-0.2, 0) is 43.7 Å². The highest BCUT2D eigenvalue weighted by Gasteiger charge is 2.21. The lowest BCUT2D eigenvalue weighted by molar-refractivity contribution is 0.477. The molecule has 0 aliphatic rings. The van der Waals surface area contributed by atoms with Crippen LogP contribution in [0.25, 0.3) is 0 Å². The standard InChI is InChI=1S/C16H22N4O6S2.O3S/c1-3-5-6-14-18-15(20-16(19-14)17-4-2)10-11-9-12(27(21,22)23)7-8-13(11)28(24,25)26;1-4(2)3/h7-9H,3-6,10H2,1-2H3,(H,21,22,23)(H,24,25,26)(H,17,18,19,20);. The van der Waals surface area contributed by atoms with Crippen molar-refractivity contribution in [1.82, 2.24) is 15.0 Å². The van der Waals surface area contributed by atoms with Crippen molar-refractivity contribution in [3.63, 3.8) is 0 Å². The molecule has 1 aromatic heterocycles. The highest BCUT2D eigenvalue weighted by atomic mass is 32.2. The molecule has 0 aliphatic carbocycles. The van der Waals surface area contributed by atoms with Crippen molar-refractivity contribution in [2.24, 2.45) is 0 Å². The van der Waals surface area contributed by atoms with E-state index in [0.29, 0.717) is 24.7 Å². The number of unbranched alkanes of at least 4 members (excludes halogenated alkanes) is 1. The van der Waals surface area contributed by atoms with Crippen molar-refractivity contribution >= 4 is 36.8 Å². The van der Waals surface area contributed by atoms with Gasteiger partial charge in [0.15, 0.2) is 0 Å². The molecule has 0 saturated heterocycles. The van der Waals surface area contributed by atoms with Gasteiger partial charge in [-0.3, -0.25) is 9.11 Å². The van der Waals surface area contributed by atoms with Crippen LogP contribution >= 0.6 is 0 Å². The zero-order valence-corrected chi connectivity index (χ0v) is 19.5. The van der Waals surface area contributed by atoms with Crippen LogP contribution in [0.2, 0.25) is 0 Å². The number of nitrogens with one attached hydrogen (secondary N) is 1. The minimum atomic E-state index is -4.62. The molecular weight excluding hydrogens is 488 g/mol. The van der Waals surface area contributed by atoms with E-state index in [0.717, 1.165) is 31.0 Å². The van der Waals surface area contributed by atoms with Crippen LogP contribution in [0, 0.1) is 0 Å². The van der Waals surface area contributed by atoms with Crippen LogP contribution in [0.5, 0.6) is 0 Å². The second kappa shape index (κ2) is 11.9. The normalized spacial score (nSPS) is 11.4. The Kier molecular flexibility index (Phi) is 10.2.